The molecule has 0 fully saturated rings. The third kappa shape index (κ3) is 5.46. The Balaban J connectivity index is 1.70. The number of methoxy groups -OCH3 is 2. The van der Waals surface area contributed by atoms with Crippen LogP contribution >= 0.6 is 0 Å². The number of benzene rings is 2. The number of phenols is 1. The molecule has 130 valence electrons. The zero-order valence-electron chi connectivity index (χ0n) is 14.7. The number of hydrogen-bond acceptors (Lipinski definition) is 4. The van der Waals surface area contributed by atoms with Crippen molar-refractivity contribution in [2.75, 3.05) is 20.8 Å². The second-order valence-corrected chi connectivity index (χ2v) is 6.00. The zero-order chi connectivity index (χ0) is 17.4. The summed E-state index contributed by atoms with van der Waals surface area (Å²) in [6.45, 7) is 3.09. The molecule has 4 heteroatoms. The van der Waals surface area contributed by atoms with Gasteiger partial charge in [0.2, 0.25) is 0 Å². The third-order valence-electron chi connectivity index (χ3n) is 4.17. The Hall–Kier alpha value is -2.20. The van der Waals surface area contributed by atoms with Crippen molar-refractivity contribution >= 4 is 0 Å². The zero-order valence-corrected chi connectivity index (χ0v) is 14.7. The van der Waals surface area contributed by atoms with E-state index >= 15 is 0 Å². The molecule has 2 aromatic carbocycles. The lowest BCUT2D eigenvalue weighted by atomic mass is 10.1. The highest BCUT2D eigenvalue weighted by atomic mass is 16.5. The van der Waals surface area contributed by atoms with E-state index in [2.05, 4.69) is 24.4 Å². The van der Waals surface area contributed by atoms with Gasteiger partial charge in [0.1, 0.15) is 5.75 Å². The molecule has 2 rings (SSSR count). The summed E-state index contributed by atoms with van der Waals surface area (Å²) in [6, 6.07) is 14.2. The fourth-order valence-electron chi connectivity index (χ4n) is 2.63. The highest BCUT2D eigenvalue weighted by Gasteiger charge is 2.05. The number of aromatic hydroxyl groups is 1. The summed E-state index contributed by atoms with van der Waals surface area (Å²) in [6.07, 6.45) is 3.01. The minimum absolute atomic E-state index is 0.197. The molecule has 1 atom stereocenters. The van der Waals surface area contributed by atoms with E-state index in [9.17, 15) is 5.11 Å². The lowest BCUT2D eigenvalue weighted by molar-refractivity contribution is 0.373. The molecule has 0 spiro atoms. The number of ether oxygens (including phenoxy) is 2. The molecule has 0 saturated heterocycles. The van der Waals surface area contributed by atoms with E-state index in [0.717, 1.165) is 37.1 Å². The van der Waals surface area contributed by atoms with Crippen LogP contribution in [-0.4, -0.2) is 31.9 Å². The molecular formula is C20H27NO3. The molecule has 24 heavy (non-hydrogen) atoms. The molecule has 0 aliphatic heterocycles. The predicted octanol–water partition coefficient (Wildman–Crippen LogP) is 3.56. The first-order chi connectivity index (χ1) is 11.6. The van der Waals surface area contributed by atoms with Gasteiger partial charge in [-0.25, -0.2) is 0 Å². The van der Waals surface area contributed by atoms with Crippen LogP contribution in [0.15, 0.2) is 42.5 Å². The molecule has 0 saturated carbocycles. The van der Waals surface area contributed by atoms with Crippen LogP contribution in [0, 0.1) is 0 Å². The van der Waals surface area contributed by atoms with Gasteiger partial charge in [-0.1, -0.05) is 18.2 Å². The minimum Gasteiger partial charge on any atom is -0.504 e. The standard InChI is InChI=1S/C20H27NO3/c1-15(4-5-16-6-9-18(23-2)10-7-16)21-13-12-17-8-11-20(24-3)19(22)14-17/h6-11,14-15,21-22H,4-5,12-13H2,1-3H3. The van der Waals surface area contributed by atoms with Crippen LogP contribution in [0.4, 0.5) is 0 Å². The first-order valence-corrected chi connectivity index (χ1v) is 8.34. The van der Waals surface area contributed by atoms with Gasteiger partial charge >= 0.3 is 0 Å². The number of rotatable bonds is 9. The van der Waals surface area contributed by atoms with Gasteiger partial charge in [-0.05, 0) is 68.1 Å². The molecular weight excluding hydrogens is 302 g/mol. The summed E-state index contributed by atoms with van der Waals surface area (Å²) in [4.78, 5) is 0. The van der Waals surface area contributed by atoms with Crippen molar-refractivity contribution in [1.82, 2.24) is 5.32 Å². The average molecular weight is 329 g/mol. The van der Waals surface area contributed by atoms with E-state index in [0.29, 0.717) is 11.8 Å². The van der Waals surface area contributed by atoms with Gasteiger partial charge in [0.25, 0.3) is 0 Å². The number of phenolic OH excluding ortho intramolecular Hbond substituents is 1. The lowest BCUT2D eigenvalue weighted by Gasteiger charge is -2.14. The fraction of sp³-hybridized carbons (Fsp3) is 0.400. The average Bonchev–Trinajstić information content (AvgIpc) is 2.60. The molecule has 0 amide bonds. The molecule has 0 aliphatic carbocycles. The van der Waals surface area contributed by atoms with Crippen LogP contribution in [0.1, 0.15) is 24.5 Å². The first kappa shape index (κ1) is 18.1. The molecule has 0 radical (unpaired) electrons. The smallest absolute Gasteiger partial charge is 0.160 e. The Morgan fingerprint density at radius 2 is 1.67 bits per heavy atom. The molecule has 0 aliphatic rings. The maximum absolute atomic E-state index is 9.79. The van der Waals surface area contributed by atoms with E-state index in [1.807, 2.05) is 18.2 Å². The van der Waals surface area contributed by atoms with Crippen LogP contribution in [0.25, 0.3) is 0 Å². The van der Waals surface area contributed by atoms with Gasteiger partial charge in [-0.15, -0.1) is 0 Å². The van der Waals surface area contributed by atoms with Crippen molar-refractivity contribution in [1.29, 1.82) is 0 Å². The van der Waals surface area contributed by atoms with Crippen LogP contribution in [0.3, 0.4) is 0 Å². The highest BCUT2D eigenvalue weighted by Crippen LogP contribution is 2.26. The quantitative estimate of drug-likeness (QED) is 0.738. The number of hydrogen-bond donors (Lipinski definition) is 2. The number of nitrogens with one attached hydrogen (secondary N) is 1. The fourth-order valence-corrected chi connectivity index (χ4v) is 2.63. The van der Waals surface area contributed by atoms with E-state index in [1.54, 1.807) is 26.4 Å². The lowest BCUT2D eigenvalue weighted by Crippen LogP contribution is -2.28. The van der Waals surface area contributed by atoms with Crippen molar-refractivity contribution in [2.45, 2.75) is 32.2 Å². The van der Waals surface area contributed by atoms with E-state index < -0.39 is 0 Å². The molecule has 4 nitrogen and oxygen atoms in total. The first-order valence-electron chi connectivity index (χ1n) is 8.34. The topological polar surface area (TPSA) is 50.7 Å². The molecule has 0 bridgehead atoms. The van der Waals surface area contributed by atoms with Crippen LogP contribution in [0.2, 0.25) is 0 Å². The summed E-state index contributed by atoms with van der Waals surface area (Å²) in [7, 11) is 3.24. The maximum atomic E-state index is 9.79. The molecule has 1 unspecified atom stereocenters. The maximum Gasteiger partial charge on any atom is 0.160 e. The van der Waals surface area contributed by atoms with Crippen molar-refractivity contribution in [3.05, 3.63) is 53.6 Å². The Morgan fingerprint density at radius 1 is 0.958 bits per heavy atom. The molecule has 0 aromatic heterocycles. The van der Waals surface area contributed by atoms with Gasteiger partial charge < -0.3 is 19.9 Å². The van der Waals surface area contributed by atoms with Crippen molar-refractivity contribution in [3.8, 4) is 17.2 Å². The van der Waals surface area contributed by atoms with Gasteiger partial charge in [-0.2, -0.15) is 0 Å². The summed E-state index contributed by atoms with van der Waals surface area (Å²) >= 11 is 0. The van der Waals surface area contributed by atoms with Gasteiger partial charge in [0, 0.05) is 6.04 Å². The number of aryl methyl sites for hydroxylation is 1. The Morgan fingerprint density at radius 3 is 2.29 bits per heavy atom. The monoisotopic (exact) mass is 329 g/mol. The SMILES string of the molecule is COc1ccc(CCC(C)NCCc2ccc(OC)c(O)c2)cc1. The van der Waals surface area contributed by atoms with Crippen LogP contribution < -0.4 is 14.8 Å². The Labute approximate surface area is 144 Å². The minimum atomic E-state index is 0.197. The second-order valence-electron chi connectivity index (χ2n) is 6.00. The highest BCUT2D eigenvalue weighted by molar-refractivity contribution is 5.41. The van der Waals surface area contributed by atoms with E-state index in [-0.39, 0.29) is 5.75 Å². The summed E-state index contributed by atoms with van der Waals surface area (Å²) in [5.74, 6) is 1.61. The summed E-state index contributed by atoms with van der Waals surface area (Å²) in [5.41, 5.74) is 2.42. The third-order valence-corrected chi connectivity index (χ3v) is 4.17. The molecule has 2 N–H and O–H groups in total. The van der Waals surface area contributed by atoms with Gasteiger partial charge in [0.05, 0.1) is 14.2 Å². The largest absolute Gasteiger partial charge is 0.504 e. The van der Waals surface area contributed by atoms with E-state index in [4.69, 9.17) is 9.47 Å². The van der Waals surface area contributed by atoms with E-state index in [1.165, 1.54) is 5.56 Å². The van der Waals surface area contributed by atoms with Gasteiger partial charge in [0.15, 0.2) is 11.5 Å². The van der Waals surface area contributed by atoms with Crippen molar-refractivity contribution < 1.29 is 14.6 Å². The molecule has 2 aromatic rings. The normalized spacial score (nSPS) is 12.0. The van der Waals surface area contributed by atoms with Crippen LogP contribution in [0.5, 0.6) is 17.2 Å². The summed E-state index contributed by atoms with van der Waals surface area (Å²) < 4.78 is 10.2. The van der Waals surface area contributed by atoms with Crippen molar-refractivity contribution in [3.63, 3.8) is 0 Å². The second kappa shape index (κ2) is 9.18. The Kier molecular flexibility index (Phi) is 6.94. The Bertz CT molecular complexity index is 625. The van der Waals surface area contributed by atoms with Gasteiger partial charge in [-0.3, -0.25) is 0 Å². The van der Waals surface area contributed by atoms with Crippen molar-refractivity contribution in [2.24, 2.45) is 0 Å². The summed E-state index contributed by atoms with van der Waals surface area (Å²) in [5, 5.41) is 13.3. The van der Waals surface area contributed by atoms with Crippen LogP contribution in [-0.2, 0) is 12.8 Å². The predicted molar refractivity (Wildman–Crippen MR) is 97.1 cm³/mol. The molecule has 0 heterocycles.